The summed E-state index contributed by atoms with van der Waals surface area (Å²) in [5.74, 6) is 0. The molecular formula is C11H17N3S. The van der Waals surface area contributed by atoms with Crippen molar-refractivity contribution in [3.05, 3.63) is 16.6 Å². The SMILES string of the molecule is CC(C)(CCC#N)CNCc1cncs1. The van der Waals surface area contributed by atoms with Gasteiger partial charge in [-0.2, -0.15) is 5.26 Å². The zero-order chi connectivity index (χ0) is 11.1. The van der Waals surface area contributed by atoms with E-state index in [1.165, 1.54) is 4.88 Å². The summed E-state index contributed by atoms with van der Waals surface area (Å²) in [5.41, 5.74) is 2.04. The number of hydrogen-bond acceptors (Lipinski definition) is 4. The summed E-state index contributed by atoms with van der Waals surface area (Å²) < 4.78 is 0. The molecule has 0 amide bonds. The van der Waals surface area contributed by atoms with E-state index in [2.05, 4.69) is 30.2 Å². The highest BCUT2D eigenvalue weighted by atomic mass is 32.1. The van der Waals surface area contributed by atoms with Crippen LogP contribution in [-0.4, -0.2) is 11.5 Å². The lowest BCUT2D eigenvalue weighted by molar-refractivity contribution is 0.318. The summed E-state index contributed by atoms with van der Waals surface area (Å²) in [6.07, 6.45) is 3.47. The summed E-state index contributed by atoms with van der Waals surface area (Å²) >= 11 is 1.67. The smallest absolute Gasteiger partial charge is 0.0794 e. The van der Waals surface area contributed by atoms with Gasteiger partial charge in [0.1, 0.15) is 0 Å². The first kappa shape index (κ1) is 12.2. The van der Waals surface area contributed by atoms with Crippen LogP contribution in [-0.2, 0) is 6.54 Å². The molecule has 4 heteroatoms. The van der Waals surface area contributed by atoms with Crippen LogP contribution in [0.3, 0.4) is 0 Å². The first-order valence-corrected chi connectivity index (χ1v) is 5.97. The Labute approximate surface area is 95.2 Å². The molecule has 1 heterocycles. The van der Waals surface area contributed by atoms with E-state index in [4.69, 9.17) is 5.26 Å². The number of rotatable bonds is 6. The molecule has 0 aliphatic rings. The molecule has 3 nitrogen and oxygen atoms in total. The molecular weight excluding hydrogens is 206 g/mol. The van der Waals surface area contributed by atoms with Crippen molar-refractivity contribution in [2.75, 3.05) is 6.54 Å². The monoisotopic (exact) mass is 223 g/mol. The predicted octanol–water partition coefficient (Wildman–Crippen LogP) is 2.56. The van der Waals surface area contributed by atoms with E-state index in [1.54, 1.807) is 11.3 Å². The van der Waals surface area contributed by atoms with Gasteiger partial charge in [-0.05, 0) is 11.8 Å². The number of nitriles is 1. The van der Waals surface area contributed by atoms with Gasteiger partial charge in [-0.1, -0.05) is 13.8 Å². The second-order valence-electron chi connectivity index (χ2n) is 4.39. The van der Waals surface area contributed by atoms with Gasteiger partial charge in [0.05, 0.1) is 11.6 Å². The molecule has 0 atom stereocenters. The normalized spacial score (nSPS) is 11.3. The number of hydrogen-bond donors (Lipinski definition) is 1. The van der Waals surface area contributed by atoms with Crippen LogP contribution in [0.2, 0.25) is 0 Å². The molecule has 0 unspecified atom stereocenters. The summed E-state index contributed by atoms with van der Waals surface area (Å²) in [5, 5.41) is 11.9. The van der Waals surface area contributed by atoms with Gasteiger partial charge >= 0.3 is 0 Å². The molecule has 0 aromatic carbocycles. The number of nitrogens with zero attached hydrogens (tertiary/aromatic N) is 2. The topological polar surface area (TPSA) is 48.7 Å². The highest BCUT2D eigenvalue weighted by Crippen LogP contribution is 2.20. The minimum absolute atomic E-state index is 0.195. The van der Waals surface area contributed by atoms with Gasteiger partial charge in [-0.25, -0.2) is 0 Å². The third-order valence-corrected chi connectivity index (χ3v) is 3.08. The molecule has 0 aliphatic carbocycles. The lowest BCUT2D eigenvalue weighted by Crippen LogP contribution is -2.28. The molecule has 0 spiro atoms. The van der Waals surface area contributed by atoms with Gasteiger partial charge in [0, 0.05) is 30.6 Å². The number of aromatic nitrogens is 1. The lowest BCUT2D eigenvalue weighted by Gasteiger charge is -2.23. The fourth-order valence-electron chi connectivity index (χ4n) is 1.34. The minimum atomic E-state index is 0.195. The third-order valence-electron chi connectivity index (χ3n) is 2.30. The zero-order valence-corrected chi connectivity index (χ0v) is 10.1. The largest absolute Gasteiger partial charge is 0.311 e. The van der Waals surface area contributed by atoms with Crippen molar-refractivity contribution in [2.45, 2.75) is 33.2 Å². The van der Waals surface area contributed by atoms with E-state index in [0.29, 0.717) is 6.42 Å². The standard InChI is InChI=1S/C11H17N3S/c1-11(2,4-3-5-12)8-13-6-10-7-14-9-15-10/h7,9,13H,3-4,6,8H2,1-2H3. The maximum atomic E-state index is 8.53. The molecule has 15 heavy (non-hydrogen) atoms. The first-order valence-electron chi connectivity index (χ1n) is 5.09. The van der Waals surface area contributed by atoms with Crippen molar-refractivity contribution in [3.63, 3.8) is 0 Å². The van der Waals surface area contributed by atoms with E-state index in [0.717, 1.165) is 19.5 Å². The number of nitrogens with one attached hydrogen (secondary N) is 1. The molecule has 82 valence electrons. The summed E-state index contributed by atoms with van der Waals surface area (Å²) in [7, 11) is 0. The van der Waals surface area contributed by atoms with Gasteiger partial charge in [0.25, 0.3) is 0 Å². The summed E-state index contributed by atoms with van der Waals surface area (Å²) in [4.78, 5) is 5.28. The molecule has 0 aliphatic heterocycles. The molecule has 0 radical (unpaired) electrons. The lowest BCUT2D eigenvalue weighted by atomic mass is 9.88. The fraction of sp³-hybridized carbons (Fsp3) is 0.636. The Morgan fingerprint density at radius 3 is 3.00 bits per heavy atom. The van der Waals surface area contributed by atoms with Crippen LogP contribution in [0.5, 0.6) is 0 Å². The zero-order valence-electron chi connectivity index (χ0n) is 9.29. The second-order valence-corrected chi connectivity index (χ2v) is 5.36. The Bertz CT molecular complexity index is 311. The highest BCUT2D eigenvalue weighted by molar-refractivity contribution is 7.09. The van der Waals surface area contributed by atoms with E-state index in [-0.39, 0.29) is 5.41 Å². The van der Waals surface area contributed by atoms with E-state index in [9.17, 15) is 0 Å². The number of thiazole rings is 1. The van der Waals surface area contributed by atoms with Crippen LogP contribution < -0.4 is 5.32 Å². The quantitative estimate of drug-likeness (QED) is 0.806. The molecule has 1 N–H and O–H groups in total. The van der Waals surface area contributed by atoms with Crippen LogP contribution in [0.1, 0.15) is 31.6 Å². The minimum Gasteiger partial charge on any atom is -0.311 e. The van der Waals surface area contributed by atoms with Crippen molar-refractivity contribution in [2.24, 2.45) is 5.41 Å². The maximum Gasteiger partial charge on any atom is 0.0794 e. The second kappa shape index (κ2) is 5.84. The van der Waals surface area contributed by atoms with Crippen LogP contribution in [0, 0.1) is 16.7 Å². The Balaban J connectivity index is 2.21. The molecule has 0 bridgehead atoms. The average molecular weight is 223 g/mol. The Morgan fingerprint density at radius 1 is 1.60 bits per heavy atom. The van der Waals surface area contributed by atoms with E-state index in [1.807, 2.05) is 11.7 Å². The average Bonchev–Trinajstić information content (AvgIpc) is 2.67. The van der Waals surface area contributed by atoms with Crippen LogP contribution in [0.25, 0.3) is 0 Å². The molecule has 1 aromatic rings. The summed E-state index contributed by atoms with van der Waals surface area (Å²) in [6, 6.07) is 2.19. The van der Waals surface area contributed by atoms with Crippen molar-refractivity contribution in [1.29, 1.82) is 5.26 Å². The maximum absolute atomic E-state index is 8.53. The van der Waals surface area contributed by atoms with Gasteiger partial charge in [-0.15, -0.1) is 11.3 Å². The van der Waals surface area contributed by atoms with E-state index < -0.39 is 0 Å². The van der Waals surface area contributed by atoms with Gasteiger partial charge in [-0.3, -0.25) is 4.98 Å². The first-order chi connectivity index (χ1) is 7.14. The molecule has 1 aromatic heterocycles. The van der Waals surface area contributed by atoms with Crippen LogP contribution >= 0.6 is 11.3 Å². The Morgan fingerprint density at radius 2 is 2.40 bits per heavy atom. The van der Waals surface area contributed by atoms with Crippen molar-refractivity contribution >= 4 is 11.3 Å². The Hall–Kier alpha value is -0.920. The van der Waals surface area contributed by atoms with Crippen molar-refractivity contribution in [3.8, 4) is 6.07 Å². The summed E-state index contributed by atoms with van der Waals surface area (Å²) in [6.45, 7) is 6.18. The van der Waals surface area contributed by atoms with Crippen molar-refractivity contribution in [1.82, 2.24) is 10.3 Å². The van der Waals surface area contributed by atoms with Crippen LogP contribution in [0.15, 0.2) is 11.7 Å². The molecule has 0 saturated carbocycles. The van der Waals surface area contributed by atoms with E-state index >= 15 is 0 Å². The fourth-order valence-corrected chi connectivity index (χ4v) is 1.90. The third kappa shape index (κ3) is 4.91. The predicted molar refractivity (Wildman–Crippen MR) is 62.4 cm³/mol. The van der Waals surface area contributed by atoms with Gasteiger partial charge in [0.15, 0.2) is 0 Å². The molecule has 1 rings (SSSR count). The molecule has 0 saturated heterocycles. The molecule has 0 fully saturated rings. The van der Waals surface area contributed by atoms with Crippen LogP contribution in [0.4, 0.5) is 0 Å². The van der Waals surface area contributed by atoms with Crippen molar-refractivity contribution < 1.29 is 0 Å². The Kier molecular flexibility index (Phi) is 4.73. The van der Waals surface area contributed by atoms with Gasteiger partial charge < -0.3 is 5.32 Å². The van der Waals surface area contributed by atoms with Gasteiger partial charge in [0.2, 0.25) is 0 Å². The highest BCUT2D eigenvalue weighted by Gasteiger charge is 2.16.